The van der Waals surface area contributed by atoms with Gasteiger partial charge in [-0.15, -0.1) is 0 Å². The van der Waals surface area contributed by atoms with E-state index in [1.54, 1.807) is 62.5 Å². The maximum absolute atomic E-state index is 12.6. The van der Waals surface area contributed by atoms with Crippen LogP contribution in [0, 0.1) is 0 Å². The highest BCUT2D eigenvalue weighted by molar-refractivity contribution is 6.35. The fourth-order valence-corrected chi connectivity index (χ4v) is 3.10. The molecule has 2 aromatic carbocycles. The van der Waals surface area contributed by atoms with Crippen molar-refractivity contribution in [2.24, 2.45) is 0 Å². The summed E-state index contributed by atoms with van der Waals surface area (Å²) in [7, 11) is 1.50. The number of rotatable bonds is 8. The number of nitrogens with zero attached hydrogens (tertiary/aromatic N) is 2. The Hall–Kier alpha value is -2.74. The largest absolute Gasteiger partial charge is 0.493 e. The van der Waals surface area contributed by atoms with Crippen LogP contribution < -0.4 is 19.9 Å². The minimum atomic E-state index is -0.987. The van der Waals surface area contributed by atoms with Crippen LogP contribution in [0.15, 0.2) is 53.5 Å². The Morgan fingerprint density at radius 1 is 1.03 bits per heavy atom. The van der Waals surface area contributed by atoms with Crippen LogP contribution in [0.3, 0.4) is 0 Å². The second-order valence-electron chi connectivity index (χ2n) is 7.37. The van der Waals surface area contributed by atoms with E-state index in [4.69, 9.17) is 37.4 Å². The van der Waals surface area contributed by atoms with E-state index >= 15 is 0 Å². The molecule has 3 rings (SSSR count). The Kier molecular flexibility index (Phi) is 7.10. The van der Waals surface area contributed by atoms with Crippen LogP contribution in [0.4, 0.5) is 0 Å². The molecule has 0 atom stereocenters. The first-order chi connectivity index (χ1) is 14.7. The quantitative estimate of drug-likeness (QED) is 0.535. The van der Waals surface area contributed by atoms with Gasteiger partial charge in [0.25, 0.3) is 0 Å². The van der Waals surface area contributed by atoms with E-state index in [-0.39, 0.29) is 13.2 Å². The molecular weight excluding hydrogens is 443 g/mol. The molecule has 0 saturated carbocycles. The van der Waals surface area contributed by atoms with Gasteiger partial charge in [0.1, 0.15) is 19.0 Å². The SMILES string of the molecule is COc1cc(-n2ccc(COc3ccc(Cl)cc3Cl)nc2=O)ccc1OCC(C)(C)O. The fraction of sp³-hybridized carbons (Fsp3) is 0.273. The highest BCUT2D eigenvalue weighted by atomic mass is 35.5. The third kappa shape index (κ3) is 6.13. The molecule has 0 unspecified atom stereocenters. The summed E-state index contributed by atoms with van der Waals surface area (Å²) in [4.78, 5) is 16.6. The summed E-state index contributed by atoms with van der Waals surface area (Å²) in [6.45, 7) is 3.46. The van der Waals surface area contributed by atoms with E-state index < -0.39 is 11.3 Å². The first-order valence-electron chi connectivity index (χ1n) is 9.36. The van der Waals surface area contributed by atoms with E-state index in [2.05, 4.69) is 4.98 Å². The molecular formula is C22H22Cl2N2O5. The van der Waals surface area contributed by atoms with Crippen molar-refractivity contribution in [3.05, 3.63) is 74.9 Å². The van der Waals surface area contributed by atoms with Crippen molar-refractivity contribution in [1.82, 2.24) is 9.55 Å². The maximum Gasteiger partial charge on any atom is 0.352 e. The summed E-state index contributed by atoms with van der Waals surface area (Å²) in [5, 5.41) is 10.7. The molecule has 7 nitrogen and oxygen atoms in total. The molecule has 9 heteroatoms. The normalized spacial score (nSPS) is 11.3. The van der Waals surface area contributed by atoms with Gasteiger partial charge < -0.3 is 19.3 Å². The average molecular weight is 465 g/mol. The number of aromatic nitrogens is 2. The van der Waals surface area contributed by atoms with Gasteiger partial charge in [0.2, 0.25) is 0 Å². The lowest BCUT2D eigenvalue weighted by Crippen LogP contribution is -2.28. The third-order valence-electron chi connectivity index (χ3n) is 4.14. The summed E-state index contributed by atoms with van der Waals surface area (Å²) >= 11 is 12.0. The molecule has 0 spiro atoms. The van der Waals surface area contributed by atoms with Crippen LogP contribution in [-0.4, -0.2) is 34.0 Å². The summed E-state index contributed by atoms with van der Waals surface area (Å²) in [6.07, 6.45) is 1.60. The monoisotopic (exact) mass is 464 g/mol. The van der Waals surface area contributed by atoms with Gasteiger partial charge in [-0.3, -0.25) is 4.57 Å². The van der Waals surface area contributed by atoms with Crippen molar-refractivity contribution in [2.75, 3.05) is 13.7 Å². The van der Waals surface area contributed by atoms with Crippen LogP contribution in [0.25, 0.3) is 5.69 Å². The molecule has 1 N–H and O–H groups in total. The van der Waals surface area contributed by atoms with Crippen LogP contribution in [0.5, 0.6) is 17.2 Å². The minimum Gasteiger partial charge on any atom is -0.493 e. The van der Waals surface area contributed by atoms with Crippen LogP contribution in [0.2, 0.25) is 10.0 Å². The maximum atomic E-state index is 12.6. The van der Waals surface area contributed by atoms with Crippen LogP contribution in [0.1, 0.15) is 19.5 Å². The molecule has 0 aliphatic carbocycles. The number of halogens is 2. The number of benzene rings is 2. The lowest BCUT2D eigenvalue weighted by Gasteiger charge is -2.19. The van der Waals surface area contributed by atoms with E-state index in [1.165, 1.54) is 11.7 Å². The fourth-order valence-electron chi connectivity index (χ4n) is 2.64. The average Bonchev–Trinajstić information content (AvgIpc) is 2.71. The van der Waals surface area contributed by atoms with Gasteiger partial charge in [-0.05, 0) is 50.2 Å². The molecule has 1 heterocycles. The number of hydrogen-bond acceptors (Lipinski definition) is 6. The number of ether oxygens (including phenoxy) is 3. The Morgan fingerprint density at radius 2 is 1.77 bits per heavy atom. The van der Waals surface area contributed by atoms with Gasteiger partial charge in [-0.1, -0.05) is 23.2 Å². The zero-order valence-electron chi connectivity index (χ0n) is 17.3. The Labute approximate surface area is 189 Å². The second kappa shape index (κ2) is 9.60. The van der Waals surface area contributed by atoms with Gasteiger partial charge in [-0.2, -0.15) is 4.98 Å². The molecule has 0 aliphatic heterocycles. The third-order valence-corrected chi connectivity index (χ3v) is 4.67. The summed E-state index contributed by atoms with van der Waals surface area (Å²) in [5.74, 6) is 1.33. The molecule has 0 bridgehead atoms. The minimum absolute atomic E-state index is 0.0739. The molecule has 31 heavy (non-hydrogen) atoms. The molecule has 1 aromatic heterocycles. The number of aliphatic hydroxyl groups is 1. The molecule has 164 valence electrons. The lowest BCUT2D eigenvalue weighted by molar-refractivity contribution is 0.0276. The second-order valence-corrected chi connectivity index (χ2v) is 8.21. The van der Waals surface area contributed by atoms with Gasteiger partial charge in [0.15, 0.2) is 11.5 Å². The van der Waals surface area contributed by atoms with Crippen molar-refractivity contribution in [3.63, 3.8) is 0 Å². The van der Waals surface area contributed by atoms with Gasteiger partial charge >= 0.3 is 5.69 Å². The molecule has 3 aromatic rings. The summed E-state index contributed by atoms with van der Waals surface area (Å²) in [5.41, 5.74) is -0.461. The topological polar surface area (TPSA) is 82.8 Å². The molecule has 0 fully saturated rings. The zero-order valence-corrected chi connectivity index (χ0v) is 18.8. The molecule has 0 radical (unpaired) electrons. The van der Waals surface area contributed by atoms with E-state index in [1.807, 2.05) is 0 Å². The predicted octanol–water partition coefficient (Wildman–Crippen LogP) is 4.28. The Bertz CT molecular complexity index is 1130. The molecule has 0 aliphatic rings. The first-order valence-corrected chi connectivity index (χ1v) is 10.1. The molecule has 0 saturated heterocycles. The Morgan fingerprint density at radius 3 is 2.42 bits per heavy atom. The zero-order chi connectivity index (χ0) is 22.6. The van der Waals surface area contributed by atoms with Gasteiger partial charge in [0, 0.05) is 17.3 Å². The van der Waals surface area contributed by atoms with Gasteiger partial charge in [0.05, 0.1) is 29.1 Å². The smallest absolute Gasteiger partial charge is 0.352 e. The standard InChI is InChI=1S/C22H22Cl2N2O5/c1-22(2,28)13-31-19-7-5-16(11-20(19)29-3)26-9-8-15(25-21(26)27)12-30-18-6-4-14(23)10-17(18)24/h4-11,28H,12-13H2,1-3H3. The molecule has 0 amide bonds. The summed E-state index contributed by atoms with van der Waals surface area (Å²) < 4.78 is 18.0. The first kappa shape index (κ1) is 22.9. The van der Waals surface area contributed by atoms with Crippen molar-refractivity contribution < 1.29 is 19.3 Å². The van der Waals surface area contributed by atoms with Gasteiger partial charge in [-0.25, -0.2) is 4.79 Å². The van der Waals surface area contributed by atoms with Crippen molar-refractivity contribution >= 4 is 23.2 Å². The van der Waals surface area contributed by atoms with Crippen molar-refractivity contribution in [3.8, 4) is 22.9 Å². The predicted molar refractivity (Wildman–Crippen MR) is 119 cm³/mol. The van der Waals surface area contributed by atoms with Crippen LogP contribution in [-0.2, 0) is 6.61 Å². The Balaban J connectivity index is 1.77. The van der Waals surface area contributed by atoms with E-state index in [0.29, 0.717) is 38.7 Å². The highest BCUT2D eigenvalue weighted by Gasteiger charge is 2.16. The highest BCUT2D eigenvalue weighted by Crippen LogP contribution is 2.30. The summed E-state index contributed by atoms with van der Waals surface area (Å²) in [6, 6.07) is 11.6. The lowest BCUT2D eigenvalue weighted by atomic mass is 10.2. The van der Waals surface area contributed by atoms with Crippen LogP contribution >= 0.6 is 23.2 Å². The number of hydrogen-bond donors (Lipinski definition) is 1. The van der Waals surface area contributed by atoms with Crippen molar-refractivity contribution in [1.29, 1.82) is 0 Å². The van der Waals surface area contributed by atoms with E-state index in [0.717, 1.165) is 0 Å². The van der Waals surface area contributed by atoms with E-state index in [9.17, 15) is 9.90 Å². The number of methoxy groups -OCH3 is 1. The van der Waals surface area contributed by atoms with Crippen molar-refractivity contribution in [2.45, 2.75) is 26.1 Å².